The lowest BCUT2D eigenvalue weighted by Gasteiger charge is -2.21. The van der Waals surface area contributed by atoms with E-state index in [1.807, 2.05) is 24.3 Å². The fraction of sp³-hybridized carbons (Fsp3) is 0.467. The Hall–Kier alpha value is -1.64. The molecule has 0 aromatic heterocycles. The molecular formula is C15H19NO2. The van der Waals surface area contributed by atoms with E-state index >= 15 is 0 Å². The first-order valence-corrected chi connectivity index (χ1v) is 6.52. The quantitative estimate of drug-likeness (QED) is 0.829. The Balaban J connectivity index is 1.83. The van der Waals surface area contributed by atoms with E-state index in [0.717, 1.165) is 43.5 Å². The van der Waals surface area contributed by atoms with E-state index < -0.39 is 0 Å². The minimum Gasteiger partial charge on any atom is -0.385 e. The molecule has 1 aliphatic carbocycles. The molecule has 0 saturated heterocycles. The number of carbonyl (C=O) groups is 2. The van der Waals surface area contributed by atoms with Crippen LogP contribution in [0.3, 0.4) is 0 Å². The Labute approximate surface area is 108 Å². The van der Waals surface area contributed by atoms with E-state index in [1.54, 1.807) is 6.92 Å². The number of nitrogens with one attached hydrogen (secondary N) is 1. The van der Waals surface area contributed by atoms with Gasteiger partial charge >= 0.3 is 0 Å². The molecule has 0 amide bonds. The van der Waals surface area contributed by atoms with Gasteiger partial charge in [-0.15, -0.1) is 0 Å². The molecule has 3 nitrogen and oxygen atoms in total. The third kappa shape index (κ3) is 3.42. The maximum absolute atomic E-state index is 11.1. The van der Waals surface area contributed by atoms with Crippen molar-refractivity contribution in [3.8, 4) is 0 Å². The molecule has 1 aromatic carbocycles. The predicted octanol–water partition coefficient (Wildman–Crippen LogP) is 3.06. The Morgan fingerprint density at radius 3 is 2.39 bits per heavy atom. The third-order valence-corrected chi connectivity index (χ3v) is 3.55. The number of ketones is 2. The van der Waals surface area contributed by atoms with Crippen LogP contribution in [0.5, 0.6) is 0 Å². The minimum absolute atomic E-state index is 0.0901. The Morgan fingerprint density at radius 2 is 1.83 bits per heavy atom. The SMILES string of the molecule is CC(=O)c1ccc(NCC2CCC(=O)CC2)cc1. The normalized spacial score (nSPS) is 16.6. The molecule has 3 heteroatoms. The summed E-state index contributed by atoms with van der Waals surface area (Å²) in [5.74, 6) is 1.08. The van der Waals surface area contributed by atoms with Crippen LogP contribution in [0.1, 0.15) is 43.0 Å². The van der Waals surface area contributed by atoms with Gasteiger partial charge in [-0.2, -0.15) is 0 Å². The first-order chi connectivity index (χ1) is 8.65. The average molecular weight is 245 g/mol. The molecule has 0 heterocycles. The van der Waals surface area contributed by atoms with Gasteiger partial charge in [0.05, 0.1) is 0 Å². The molecule has 96 valence electrons. The van der Waals surface area contributed by atoms with Gasteiger partial charge in [0.2, 0.25) is 0 Å². The van der Waals surface area contributed by atoms with Crippen molar-refractivity contribution in [2.45, 2.75) is 32.6 Å². The summed E-state index contributed by atoms with van der Waals surface area (Å²) in [7, 11) is 0. The van der Waals surface area contributed by atoms with Crippen LogP contribution in [0.2, 0.25) is 0 Å². The topological polar surface area (TPSA) is 46.2 Å². The number of rotatable bonds is 4. The predicted molar refractivity (Wildman–Crippen MR) is 71.9 cm³/mol. The van der Waals surface area contributed by atoms with E-state index in [9.17, 15) is 9.59 Å². The van der Waals surface area contributed by atoms with Gasteiger partial charge in [-0.05, 0) is 49.9 Å². The molecule has 0 aliphatic heterocycles. The zero-order chi connectivity index (χ0) is 13.0. The summed E-state index contributed by atoms with van der Waals surface area (Å²) in [6, 6.07) is 7.56. The highest BCUT2D eigenvalue weighted by molar-refractivity contribution is 5.94. The molecule has 0 unspecified atom stereocenters. The summed E-state index contributed by atoms with van der Waals surface area (Å²) in [6.07, 6.45) is 3.46. The molecule has 0 radical (unpaired) electrons. The number of benzene rings is 1. The monoisotopic (exact) mass is 245 g/mol. The Kier molecular flexibility index (Phi) is 4.13. The van der Waals surface area contributed by atoms with E-state index in [1.165, 1.54) is 0 Å². The molecule has 2 rings (SSSR count). The van der Waals surface area contributed by atoms with Crippen LogP contribution in [0.15, 0.2) is 24.3 Å². The van der Waals surface area contributed by atoms with Crippen LogP contribution in [0, 0.1) is 5.92 Å². The lowest BCUT2D eigenvalue weighted by molar-refractivity contribution is -0.120. The van der Waals surface area contributed by atoms with Crippen molar-refractivity contribution in [1.82, 2.24) is 0 Å². The first kappa shape index (κ1) is 12.8. The van der Waals surface area contributed by atoms with Crippen molar-refractivity contribution in [3.05, 3.63) is 29.8 Å². The summed E-state index contributed by atoms with van der Waals surface area (Å²) in [4.78, 5) is 22.3. The first-order valence-electron chi connectivity index (χ1n) is 6.52. The summed E-state index contributed by atoms with van der Waals surface area (Å²) in [5.41, 5.74) is 1.78. The van der Waals surface area contributed by atoms with Crippen LogP contribution >= 0.6 is 0 Å². The Bertz CT molecular complexity index is 426. The Morgan fingerprint density at radius 1 is 1.22 bits per heavy atom. The van der Waals surface area contributed by atoms with E-state index in [-0.39, 0.29) is 5.78 Å². The van der Waals surface area contributed by atoms with Crippen molar-refractivity contribution in [2.75, 3.05) is 11.9 Å². The summed E-state index contributed by atoms with van der Waals surface area (Å²) in [6.45, 7) is 2.48. The van der Waals surface area contributed by atoms with Gasteiger partial charge in [0.25, 0.3) is 0 Å². The highest BCUT2D eigenvalue weighted by Gasteiger charge is 2.18. The van der Waals surface area contributed by atoms with Gasteiger partial charge in [-0.1, -0.05) is 0 Å². The summed E-state index contributed by atoms with van der Waals surface area (Å²) in [5, 5.41) is 3.37. The summed E-state index contributed by atoms with van der Waals surface area (Å²) >= 11 is 0. The van der Waals surface area contributed by atoms with Crippen molar-refractivity contribution in [3.63, 3.8) is 0 Å². The van der Waals surface area contributed by atoms with Crippen LogP contribution in [0.25, 0.3) is 0 Å². The van der Waals surface area contributed by atoms with Crippen LogP contribution in [-0.2, 0) is 4.79 Å². The molecule has 1 aromatic rings. The molecule has 1 N–H and O–H groups in total. The molecule has 0 bridgehead atoms. The van der Waals surface area contributed by atoms with Gasteiger partial charge in [-0.3, -0.25) is 9.59 Å². The zero-order valence-electron chi connectivity index (χ0n) is 10.7. The second-order valence-electron chi connectivity index (χ2n) is 5.00. The minimum atomic E-state index is 0.0901. The van der Waals surface area contributed by atoms with E-state index in [4.69, 9.17) is 0 Å². The molecule has 18 heavy (non-hydrogen) atoms. The second-order valence-corrected chi connectivity index (χ2v) is 5.00. The summed E-state index contributed by atoms with van der Waals surface area (Å²) < 4.78 is 0. The lowest BCUT2D eigenvalue weighted by Crippen LogP contribution is -2.21. The smallest absolute Gasteiger partial charge is 0.159 e. The standard InChI is InChI=1S/C15H19NO2/c1-11(17)13-4-6-14(7-5-13)16-10-12-2-8-15(18)9-3-12/h4-7,12,16H,2-3,8-10H2,1H3. The van der Waals surface area contributed by atoms with Gasteiger partial charge in [0.15, 0.2) is 5.78 Å². The van der Waals surface area contributed by atoms with Gasteiger partial charge in [-0.25, -0.2) is 0 Å². The van der Waals surface area contributed by atoms with E-state index in [0.29, 0.717) is 11.7 Å². The van der Waals surface area contributed by atoms with Gasteiger partial charge in [0.1, 0.15) is 5.78 Å². The highest BCUT2D eigenvalue weighted by Crippen LogP contribution is 2.22. The van der Waals surface area contributed by atoms with Crippen molar-refractivity contribution in [1.29, 1.82) is 0 Å². The highest BCUT2D eigenvalue weighted by atomic mass is 16.1. The molecule has 1 saturated carbocycles. The molecule has 1 aliphatic rings. The van der Waals surface area contributed by atoms with Gasteiger partial charge < -0.3 is 5.32 Å². The fourth-order valence-electron chi connectivity index (χ4n) is 2.29. The van der Waals surface area contributed by atoms with E-state index in [2.05, 4.69) is 5.32 Å². The molecule has 0 spiro atoms. The van der Waals surface area contributed by atoms with Gasteiger partial charge in [0, 0.05) is 30.6 Å². The molecular weight excluding hydrogens is 226 g/mol. The number of carbonyl (C=O) groups excluding carboxylic acids is 2. The van der Waals surface area contributed by atoms with Crippen molar-refractivity contribution in [2.24, 2.45) is 5.92 Å². The largest absolute Gasteiger partial charge is 0.385 e. The molecule has 1 fully saturated rings. The van der Waals surface area contributed by atoms with Crippen LogP contribution in [-0.4, -0.2) is 18.1 Å². The molecule has 0 atom stereocenters. The maximum Gasteiger partial charge on any atom is 0.159 e. The maximum atomic E-state index is 11.1. The van der Waals surface area contributed by atoms with Crippen LogP contribution < -0.4 is 5.32 Å². The average Bonchev–Trinajstić information content (AvgIpc) is 2.38. The van der Waals surface area contributed by atoms with Crippen molar-refractivity contribution >= 4 is 17.3 Å². The van der Waals surface area contributed by atoms with Crippen LogP contribution in [0.4, 0.5) is 5.69 Å². The lowest BCUT2D eigenvalue weighted by atomic mass is 9.88. The number of anilines is 1. The number of Topliss-reactive ketones (excluding diaryl/α,β-unsaturated/α-hetero) is 2. The zero-order valence-corrected chi connectivity index (χ0v) is 10.7. The fourth-order valence-corrected chi connectivity index (χ4v) is 2.29. The second kappa shape index (κ2) is 5.80. The number of hydrogen-bond acceptors (Lipinski definition) is 3. The third-order valence-electron chi connectivity index (χ3n) is 3.55. The number of hydrogen-bond donors (Lipinski definition) is 1. The van der Waals surface area contributed by atoms with Crippen molar-refractivity contribution < 1.29 is 9.59 Å².